The molecular formula is C11H17ClN2O2S. The highest BCUT2D eigenvalue weighted by atomic mass is 35.5. The maximum atomic E-state index is 11.7. The molecule has 0 saturated heterocycles. The lowest BCUT2D eigenvalue weighted by atomic mass is 10.1. The summed E-state index contributed by atoms with van der Waals surface area (Å²) in [7, 11) is -3.28. The number of sulfonamides is 1. The molecule has 0 spiro atoms. The Kier molecular flexibility index (Phi) is 5.39. The summed E-state index contributed by atoms with van der Waals surface area (Å²) < 4.78 is 25.9. The number of benzene rings is 1. The summed E-state index contributed by atoms with van der Waals surface area (Å²) in [5, 5.41) is 0.593. The van der Waals surface area contributed by atoms with Crippen LogP contribution in [0.5, 0.6) is 0 Å². The van der Waals surface area contributed by atoms with Crippen molar-refractivity contribution in [2.45, 2.75) is 19.4 Å². The van der Waals surface area contributed by atoms with Gasteiger partial charge in [-0.1, -0.05) is 23.7 Å². The van der Waals surface area contributed by atoms with Gasteiger partial charge in [0.05, 0.1) is 5.75 Å². The molecule has 6 heteroatoms. The molecule has 0 aromatic heterocycles. The van der Waals surface area contributed by atoms with Gasteiger partial charge in [0.25, 0.3) is 0 Å². The van der Waals surface area contributed by atoms with Crippen molar-refractivity contribution in [2.24, 2.45) is 5.73 Å². The lowest BCUT2D eigenvalue weighted by Gasteiger charge is -2.14. The van der Waals surface area contributed by atoms with Gasteiger partial charge in [-0.2, -0.15) is 0 Å². The van der Waals surface area contributed by atoms with Gasteiger partial charge in [-0.25, -0.2) is 13.1 Å². The topological polar surface area (TPSA) is 72.2 Å². The van der Waals surface area contributed by atoms with E-state index in [1.54, 1.807) is 25.1 Å². The molecule has 1 aromatic carbocycles. The zero-order chi connectivity index (χ0) is 12.9. The van der Waals surface area contributed by atoms with E-state index in [2.05, 4.69) is 4.72 Å². The monoisotopic (exact) mass is 276 g/mol. The van der Waals surface area contributed by atoms with Crippen molar-refractivity contribution in [3.63, 3.8) is 0 Å². The molecule has 0 amide bonds. The van der Waals surface area contributed by atoms with Crippen LogP contribution in [-0.4, -0.2) is 20.7 Å². The summed E-state index contributed by atoms with van der Waals surface area (Å²) in [5.41, 5.74) is 6.13. The van der Waals surface area contributed by atoms with E-state index in [1.807, 2.05) is 6.07 Å². The third kappa shape index (κ3) is 5.04. The first-order valence-electron chi connectivity index (χ1n) is 5.40. The predicted molar refractivity (Wildman–Crippen MR) is 70.5 cm³/mol. The van der Waals surface area contributed by atoms with E-state index < -0.39 is 10.0 Å². The molecular weight excluding hydrogens is 260 g/mol. The Labute approximate surface area is 107 Å². The van der Waals surface area contributed by atoms with Crippen LogP contribution in [0.3, 0.4) is 0 Å². The Hall–Kier alpha value is -0.620. The van der Waals surface area contributed by atoms with Crippen LogP contribution in [0.15, 0.2) is 24.3 Å². The summed E-state index contributed by atoms with van der Waals surface area (Å²) in [6, 6.07) is 6.83. The number of hydrogen-bond acceptors (Lipinski definition) is 3. The highest BCUT2D eigenvalue weighted by Gasteiger charge is 2.15. The first kappa shape index (κ1) is 14.4. The third-order valence-electron chi connectivity index (χ3n) is 2.32. The maximum Gasteiger partial charge on any atom is 0.212 e. The molecule has 0 radical (unpaired) electrons. The first-order valence-corrected chi connectivity index (χ1v) is 7.43. The molecule has 3 N–H and O–H groups in total. The second-order valence-corrected chi connectivity index (χ2v) is 6.17. The zero-order valence-corrected chi connectivity index (χ0v) is 11.3. The van der Waals surface area contributed by atoms with E-state index in [4.69, 9.17) is 17.3 Å². The van der Waals surface area contributed by atoms with Crippen LogP contribution in [0, 0.1) is 0 Å². The van der Waals surface area contributed by atoms with Gasteiger partial charge in [0.15, 0.2) is 0 Å². The number of rotatable bonds is 6. The van der Waals surface area contributed by atoms with Crippen molar-refractivity contribution in [3.05, 3.63) is 34.9 Å². The van der Waals surface area contributed by atoms with Crippen LogP contribution in [0.2, 0.25) is 5.02 Å². The second kappa shape index (κ2) is 6.35. The summed E-state index contributed by atoms with van der Waals surface area (Å²) in [5.74, 6) is 0.0500. The molecule has 0 aliphatic rings. The Bertz CT molecular complexity index is 462. The summed E-state index contributed by atoms with van der Waals surface area (Å²) in [6.07, 6.45) is 0.456. The molecule has 1 atom stereocenters. The van der Waals surface area contributed by atoms with Gasteiger partial charge < -0.3 is 5.73 Å². The van der Waals surface area contributed by atoms with E-state index in [1.165, 1.54) is 0 Å². The predicted octanol–water partition coefficient (Wildman–Crippen LogP) is 1.67. The molecule has 4 nitrogen and oxygen atoms in total. The Morgan fingerprint density at radius 2 is 2.18 bits per heavy atom. The average molecular weight is 277 g/mol. The van der Waals surface area contributed by atoms with Crippen molar-refractivity contribution in [1.82, 2.24) is 4.72 Å². The minimum atomic E-state index is -3.28. The standard InChI is InChI=1S/C11H17ClN2O2S/c1-9(10-4-2-5-11(12)8-10)14-17(15,16)7-3-6-13/h2,4-5,8-9,14H,3,6-7,13H2,1H3. The highest BCUT2D eigenvalue weighted by Crippen LogP contribution is 2.18. The molecule has 0 fully saturated rings. The van der Waals surface area contributed by atoms with Crippen LogP contribution in [0.25, 0.3) is 0 Å². The smallest absolute Gasteiger partial charge is 0.212 e. The van der Waals surface area contributed by atoms with Crippen molar-refractivity contribution < 1.29 is 8.42 Å². The largest absolute Gasteiger partial charge is 0.330 e. The van der Waals surface area contributed by atoms with Crippen molar-refractivity contribution in [2.75, 3.05) is 12.3 Å². The second-order valence-electron chi connectivity index (χ2n) is 3.86. The van der Waals surface area contributed by atoms with Crippen LogP contribution in [0.4, 0.5) is 0 Å². The molecule has 0 heterocycles. The number of halogens is 1. The molecule has 1 unspecified atom stereocenters. The highest BCUT2D eigenvalue weighted by molar-refractivity contribution is 7.89. The fourth-order valence-electron chi connectivity index (χ4n) is 1.45. The molecule has 0 aliphatic carbocycles. The molecule has 0 saturated carbocycles. The summed E-state index contributed by atoms with van der Waals surface area (Å²) in [6.45, 7) is 2.15. The Morgan fingerprint density at radius 1 is 1.47 bits per heavy atom. The lowest BCUT2D eigenvalue weighted by molar-refractivity contribution is 0.564. The van der Waals surface area contributed by atoms with Gasteiger partial charge in [-0.15, -0.1) is 0 Å². The van der Waals surface area contributed by atoms with Gasteiger partial charge in [0.2, 0.25) is 10.0 Å². The SMILES string of the molecule is CC(NS(=O)(=O)CCCN)c1cccc(Cl)c1. The van der Waals surface area contributed by atoms with Gasteiger partial charge in [-0.05, 0) is 37.6 Å². The quantitative estimate of drug-likeness (QED) is 0.830. The maximum absolute atomic E-state index is 11.7. The normalized spacial score (nSPS) is 13.6. The van der Waals surface area contributed by atoms with Crippen molar-refractivity contribution in [3.8, 4) is 0 Å². The van der Waals surface area contributed by atoms with E-state index in [-0.39, 0.29) is 11.8 Å². The van der Waals surface area contributed by atoms with Gasteiger partial charge in [0, 0.05) is 11.1 Å². The fourth-order valence-corrected chi connectivity index (χ4v) is 2.98. The Balaban J connectivity index is 2.69. The first-order chi connectivity index (χ1) is 7.94. The van der Waals surface area contributed by atoms with Crippen LogP contribution in [0.1, 0.15) is 24.9 Å². The van der Waals surface area contributed by atoms with E-state index >= 15 is 0 Å². The minimum absolute atomic E-state index is 0.0500. The minimum Gasteiger partial charge on any atom is -0.330 e. The van der Waals surface area contributed by atoms with Gasteiger partial charge in [-0.3, -0.25) is 0 Å². The Morgan fingerprint density at radius 3 is 2.76 bits per heavy atom. The van der Waals surface area contributed by atoms with Crippen molar-refractivity contribution in [1.29, 1.82) is 0 Å². The number of nitrogens with two attached hydrogens (primary N) is 1. The molecule has 17 heavy (non-hydrogen) atoms. The lowest BCUT2D eigenvalue weighted by Crippen LogP contribution is -2.29. The van der Waals surface area contributed by atoms with E-state index in [0.717, 1.165) is 5.56 Å². The van der Waals surface area contributed by atoms with Crippen LogP contribution in [-0.2, 0) is 10.0 Å². The number of nitrogens with one attached hydrogen (secondary N) is 1. The van der Waals surface area contributed by atoms with E-state index in [9.17, 15) is 8.42 Å². The zero-order valence-electron chi connectivity index (χ0n) is 9.69. The third-order valence-corrected chi connectivity index (χ3v) is 4.10. The molecule has 1 rings (SSSR count). The summed E-state index contributed by atoms with van der Waals surface area (Å²) in [4.78, 5) is 0. The molecule has 0 bridgehead atoms. The molecule has 0 aliphatic heterocycles. The average Bonchev–Trinajstić information content (AvgIpc) is 2.26. The van der Waals surface area contributed by atoms with Crippen LogP contribution < -0.4 is 10.5 Å². The van der Waals surface area contributed by atoms with Gasteiger partial charge >= 0.3 is 0 Å². The van der Waals surface area contributed by atoms with E-state index in [0.29, 0.717) is 18.0 Å². The molecule has 96 valence electrons. The van der Waals surface area contributed by atoms with Gasteiger partial charge in [0.1, 0.15) is 0 Å². The van der Waals surface area contributed by atoms with Crippen LogP contribution >= 0.6 is 11.6 Å². The van der Waals surface area contributed by atoms with Crippen molar-refractivity contribution >= 4 is 21.6 Å². The molecule has 1 aromatic rings. The number of hydrogen-bond donors (Lipinski definition) is 2. The fraction of sp³-hybridized carbons (Fsp3) is 0.455. The summed E-state index contributed by atoms with van der Waals surface area (Å²) >= 11 is 5.85.